The van der Waals surface area contributed by atoms with Gasteiger partial charge in [0, 0.05) is 23.9 Å². The van der Waals surface area contributed by atoms with Crippen LogP contribution >= 0.6 is 11.8 Å². The van der Waals surface area contributed by atoms with E-state index in [9.17, 15) is 9.59 Å². The number of thioether (sulfide) groups is 1. The van der Waals surface area contributed by atoms with Crippen molar-refractivity contribution in [1.29, 1.82) is 0 Å². The van der Waals surface area contributed by atoms with Crippen LogP contribution < -0.4 is 5.32 Å². The van der Waals surface area contributed by atoms with Crippen LogP contribution in [0.1, 0.15) is 17.3 Å². The fraction of sp³-hybridized carbons (Fsp3) is 0.143. The third kappa shape index (κ3) is 4.69. The Kier molecular flexibility index (Phi) is 5.89. The Morgan fingerprint density at radius 1 is 1.10 bits per heavy atom. The van der Waals surface area contributed by atoms with Crippen LogP contribution in [-0.4, -0.2) is 42.3 Å². The van der Waals surface area contributed by atoms with E-state index >= 15 is 0 Å². The fourth-order valence-electron chi connectivity index (χ4n) is 2.79. The lowest BCUT2D eigenvalue weighted by Gasteiger charge is -2.06. The molecule has 0 fully saturated rings. The van der Waals surface area contributed by atoms with Crippen LogP contribution in [0.15, 0.2) is 64.3 Å². The maximum absolute atomic E-state index is 12.3. The van der Waals surface area contributed by atoms with Crippen molar-refractivity contribution in [1.82, 2.24) is 24.9 Å². The number of ketones is 1. The molecule has 0 aliphatic carbocycles. The Balaban J connectivity index is 1.41. The van der Waals surface area contributed by atoms with Gasteiger partial charge in [0.25, 0.3) is 5.89 Å². The van der Waals surface area contributed by atoms with E-state index < -0.39 is 0 Å². The number of anilines is 1. The smallest absolute Gasteiger partial charge is 0.296 e. The van der Waals surface area contributed by atoms with E-state index in [4.69, 9.17) is 4.52 Å². The van der Waals surface area contributed by atoms with Crippen molar-refractivity contribution in [2.75, 3.05) is 11.1 Å². The normalized spacial score (nSPS) is 10.8. The first-order valence-corrected chi connectivity index (χ1v) is 10.3. The van der Waals surface area contributed by atoms with Crippen LogP contribution in [0.5, 0.6) is 0 Å². The van der Waals surface area contributed by atoms with E-state index in [0.29, 0.717) is 28.1 Å². The second-order valence-corrected chi connectivity index (χ2v) is 7.57. The highest BCUT2D eigenvalue weighted by Crippen LogP contribution is 2.24. The van der Waals surface area contributed by atoms with Crippen molar-refractivity contribution in [3.8, 4) is 23.1 Å². The van der Waals surface area contributed by atoms with Crippen molar-refractivity contribution < 1.29 is 14.1 Å². The van der Waals surface area contributed by atoms with Gasteiger partial charge in [-0.1, -0.05) is 59.4 Å². The molecule has 0 aliphatic rings. The third-order valence-corrected chi connectivity index (χ3v) is 5.39. The van der Waals surface area contributed by atoms with Crippen molar-refractivity contribution in [3.05, 3.63) is 60.2 Å². The molecule has 0 radical (unpaired) electrons. The summed E-state index contributed by atoms with van der Waals surface area (Å²) < 4.78 is 7.02. The van der Waals surface area contributed by atoms with Gasteiger partial charge in [0.15, 0.2) is 10.9 Å². The number of hydrogen-bond acceptors (Lipinski definition) is 8. The topological polar surface area (TPSA) is 116 Å². The highest BCUT2D eigenvalue weighted by Gasteiger charge is 2.19. The average Bonchev–Trinajstić information content (AvgIpc) is 3.40. The van der Waals surface area contributed by atoms with E-state index in [-0.39, 0.29) is 23.3 Å². The minimum absolute atomic E-state index is 0.0615. The minimum Gasteiger partial charge on any atom is -0.330 e. The van der Waals surface area contributed by atoms with E-state index in [1.54, 1.807) is 35.9 Å². The highest BCUT2D eigenvalue weighted by atomic mass is 32.2. The molecule has 4 aromatic rings. The summed E-state index contributed by atoms with van der Waals surface area (Å²) in [6.45, 7) is 1.48. The SMILES string of the molecule is CC(=O)c1cccc(NC(=O)CSc2nnc(-c3nc(-c4ccccc4)no3)n2C)c1. The number of Topliss-reactive ketones (excluding diaryl/α,β-unsaturated/α-hetero) is 1. The quantitative estimate of drug-likeness (QED) is 0.347. The summed E-state index contributed by atoms with van der Waals surface area (Å²) in [7, 11) is 1.76. The maximum Gasteiger partial charge on any atom is 0.296 e. The molecule has 0 aliphatic heterocycles. The number of carbonyl (C=O) groups is 2. The summed E-state index contributed by atoms with van der Waals surface area (Å²) in [5.41, 5.74) is 1.94. The van der Waals surface area contributed by atoms with Crippen LogP contribution in [0, 0.1) is 0 Å². The van der Waals surface area contributed by atoms with Crippen LogP contribution in [0.25, 0.3) is 23.1 Å². The molecule has 31 heavy (non-hydrogen) atoms. The molecule has 0 bridgehead atoms. The molecule has 0 unspecified atom stereocenters. The Labute approximate surface area is 181 Å². The number of amides is 1. The van der Waals surface area contributed by atoms with Crippen LogP contribution in [0.2, 0.25) is 0 Å². The van der Waals surface area contributed by atoms with Crippen molar-refractivity contribution >= 4 is 29.1 Å². The lowest BCUT2D eigenvalue weighted by molar-refractivity contribution is -0.113. The zero-order valence-electron chi connectivity index (χ0n) is 16.8. The molecule has 4 rings (SSSR count). The summed E-state index contributed by atoms with van der Waals surface area (Å²) in [4.78, 5) is 28.2. The summed E-state index contributed by atoms with van der Waals surface area (Å²) in [6, 6.07) is 16.3. The molecule has 1 N–H and O–H groups in total. The Morgan fingerprint density at radius 3 is 2.68 bits per heavy atom. The molecule has 0 spiro atoms. The van der Waals surface area contributed by atoms with Gasteiger partial charge in [-0.15, -0.1) is 10.2 Å². The number of hydrogen-bond donors (Lipinski definition) is 1. The van der Waals surface area contributed by atoms with E-state index in [2.05, 4.69) is 25.7 Å². The van der Waals surface area contributed by atoms with Gasteiger partial charge in [-0.25, -0.2) is 0 Å². The monoisotopic (exact) mass is 434 g/mol. The summed E-state index contributed by atoms with van der Waals surface area (Å²) in [6.07, 6.45) is 0. The van der Waals surface area contributed by atoms with Gasteiger partial charge in [0.1, 0.15) is 0 Å². The van der Waals surface area contributed by atoms with Crippen LogP contribution in [0.4, 0.5) is 5.69 Å². The first kappa shape index (κ1) is 20.5. The molecule has 10 heteroatoms. The van der Waals surface area contributed by atoms with E-state index in [1.807, 2.05) is 30.3 Å². The van der Waals surface area contributed by atoms with Crippen molar-refractivity contribution in [2.24, 2.45) is 7.05 Å². The second kappa shape index (κ2) is 8.92. The molecule has 0 saturated heterocycles. The average molecular weight is 434 g/mol. The molecule has 2 aromatic carbocycles. The predicted molar refractivity (Wildman–Crippen MR) is 116 cm³/mol. The minimum atomic E-state index is -0.223. The zero-order valence-corrected chi connectivity index (χ0v) is 17.6. The van der Waals surface area contributed by atoms with Gasteiger partial charge in [0.05, 0.1) is 5.75 Å². The third-order valence-electron chi connectivity index (χ3n) is 4.37. The van der Waals surface area contributed by atoms with Gasteiger partial charge in [-0.05, 0) is 19.1 Å². The predicted octanol–water partition coefficient (Wildman–Crippen LogP) is 3.47. The molecule has 9 nitrogen and oxygen atoms in total. The van der Waals surface area contributed by atoms with Gasteiger partial charge < -0.3 is 14.4 Å². The van der Waals surface area contributed by atoms with Gasteiger partial charge in [-0.2, -0.15) is 4.98 Å². The highest BCUT2D eigenvalue weighted by molar-refractivity contribution is 7.99. The largest absolute Gasteiger partial charge is 0.330 e. The number of rotatable bonds is 7. The Hall–Kier alpha value is -3.79. The van der Waals surface area contributed by atoms with E-state index in [0.717, 1.165) is 5.56 Å². The molecular formula is C21H18N6O3S. The summed E-state index contributed by atoms with van der Waals surface area (Å²) in [5, 5.41) is 15.5. The number of aromatic nitrogens is 5. The first-order valence-electron chi connectivity index (χ1n) is 9.34. The standard InChI is InChI=1S/C21H18N6O3S/c1-13(28)15-9-6-10-16(11-15)22-17(29)12-31-21-25-24-19(27(21)2)20-23-18(26-30-20)14-7-4-3-5-8-14/h3-11H,12H2,1-2H3,(H,22,29). The number of carbonyl (C=O) groups excluding carboxylic acids is 2. The first-order chi connectivity index (χ1) is 15.0. The van der Waals surface area contributed by atoms with Crippen LogP contribution in [0.3, 0.4) is 0 Å². The number of benzene rings is 2. The molecule has 2 heterocycles. The summed E-state index contributed by atoms with van der Waals surface area (Å²) >= 11 is 1.22. The maximum atomic E-state index is 12.3. The van der Waals surface area contributed by atoms with Crippen molar-refractivity contribution in [3.63, 3.8) is 0 Å². The molecule has 0 atom stereocenters. The zero-order chi connectivity index (χ0) is 21.8. The molecule has 2 aromatic heterocycles. The second-order valence-electron chi connectivity index (χ2n) is 6.63. The number of nitrogens with one attached hydrogen (secondary N) is 1. The lowest BCUT2D eigenvalue weighted by atomic mass is 10.1. The lowest BCUT2D eigenvalue weighted by Crippen LogP contribution is -2.14. The van der Waals surface area contributed by atoms with Gasteiger partial charge >= 0.3 is 0 Å². The molecular weight excluding hydrogens is 416 g/mol. The Morgan fingerprint density at radius 2 is 1.90 bits per heavy atom. The van der Waals surface area contributed by atoms with Crippen molar-refractivity contribution in [2.45, 2.75) is 12.1 Å². The Bertz CT molecular complexity index is 1230. The summed E-state index contributed by atoms with van der Waals surface area (Å²) in [5.74, 6) is 0.945. The van der Waals surface area contributed by atoms with Crippen LogP contribution in [-0.2, 0) is 11.8 Å². The molecule has 156 valence electrons. The molecule has 0 saturated carbocycles. The number of nitrogens with zero attached hydrogens (tertiary/aromatic N) is 5. The molecule has 1 amide bonds. The fourth-order valence-corrected chi connectivity index (χ4v) is 3.50. The van der Waals surface area contributed by atoms with Gasteiger partial charge in [-0.3, -0.25) is 9.59 Å². The van der Waals surface area contributed by atoms with Gasteiger partial charge in [0.2, 0.25) is 17.6 Å². The van der Waals surface area contributed by atoms with E-state index in [1.165, 1.54) is 18.7 Å².